The number of hydrogen-bond acceptors (Lipinski definition) is 2. The van der Waals surface area contributed by atoms with Crippen molar-refractivity contribution in [2.45, 2.75) is 51.1 Å². The normalized spacial score (nSPS) is 17.3. The van der Waals surface area contributed by atoms with E-state index in [9.17, 15) is 13.6 Å². The van der Waals surface area contributed by atoms with E-state index >= 15 is 0 Å². The molecule has 0 aliphatic heterocycles. The Morgan fingerprint density at radius 1 is 1.22 bits per heavy atom. The van der Waals surface area contributed by atoms with E-state index in [0.29, 0.717) is 22.6 Å². The van der Waals surface area contributed by atoms with E-state index in [1.807, 2.05) is 6.92 Å². The van der Waals surface area contributed by atoms with Crippen molar-refractivity contribution in [1.82, 2.24) is 10.3 Å². The van der Waals surface area contributed by atoms with Gasteiger partial charge in [-0.3, -0.25) is 4.79 Å². The molecule has 1 saturated carbocycles. The third kappa shape index (κ3) is 3.52. The Morgan fingerprint density at radius 2 is 1.91 bits per heavy atom. The van der Waals surface area contributed by atoms with Crippen LogP contribution >= 0.6 is 0 Å². The smallest absolute Gasteiger partial charge is 0.241 e. The van der Waals surface area contributed by atoms with Crippen LogP contribution in [0.3, 0.4) is 0 Å². The maximum atomic E-state index is 13.4. The molecule has 0 bridgehead atoms. The van der Waals surface area contributed by atoms with Gasteiger partial charge in [0.05, 0.1) is 17.2 Å². The lowest BCUT2D eigenvalue weighted by Gasteiger charge is -2.26. The van der Waals surface area contributed by atoms with Crippen LogP contribution in [0.15, 0.2) is 18.3 Å². The summed E-state index contributed by atoms with van der Waals surface area (Å²) in [5.41, 5.74) is 0.910. The van der Waals surface area contributed by atoms with Gasteiger partial charge in [0, 0.05) is 23.7 Å². The minimum Gasteiger partial charge on any atom is -0.359 e. The van der Waals surface area contributed by atoms with Gasteiger partial charge in [-0.25, -0.2) is 8.78 Å². The lowest BCUT2D eigenvalue weighted by atomic mass is 9.95. The zero-order valence-electron chi connectivity index (χ0n) is 13.1. The molecule has 124 valence electrons. The lowest BCUT2D eigenvalue weighted by Crippen LogP contribution is -2.44. The molecular weight excluding hydrogens is 300 g/mol. The molecule has 0 radical (unpaired) electrons. The summed E-state index contributed by atoms with van der Waals surface area (Å²) in [6.45, 7) is 1.82. The minimum atomic E-state index is -0.930. The van der Waals surface area contributed by atoms with Gasteiger partial charge in [-0.15, -0.1) is 0 Å². The van der Waals surface area contributed by atoms with Crippen LogP contribution in [0.25, 0.3) is 10.9 Å². The molecule has 1 aromatic heterocycles. The Morgan fingerprint density at radius 3 is 2.65 bits per heavy atom. The Bertz CT molecular complexity index is 707. The van der Waals surface area contributed by atoms with E-state index in [-0.39, 0.29) is 11.9 Å². The van der Waals surface area contributed by atoms with E-state index in [2.05, 4.69) is 15.6 Å². The number of carbonyl (C=O) groups excluding carboxylic acids is 1. The zero-order chi connectivity index (χ0) is 16.4. The van der Waals surface area contributed by atoms with Gasteiger partial charge in [-0.05, 0) is 25.8 Å². The standard InChI is InChI=1S/C17H21F2N3O/c1-10(21-11-5-3-2-4-6-11)17(23)22-16-9-20-15-8-14(19)13(18)7-12(15)16/h7-11,20-21H,2-6H2,1H3,(H,22,23)/t10-/m0/s1. The van der Waals surface area contributed by atoms with E-state index < -0.39 is 11.6 Å². The van der Waals surface area contributed by atoms with Gasteiger partial charge < -0.3 is 15.6 Å². The second kappa shape index (κ2) is 6.66. The molecule has 0 saturated heterocycles. The van der Waals surface area contributed by atoms with Crippen molar-refractivity contribution in [3.63, 3.8) is 0 Å². The van der Waals surface area contributed by atoms with Crippen LogP contribution in [0.1, 0.15) is 39.0 Å². The molecule has 4 nitrogen and oxygen atoms in total. The predicted octanol–water partition coefficient (Wildman–Crippen LogP) is 3.70. The van der Waals surface area contributed by atoms with E-state index in [0.717, 1.165) is 25.0 Å². The van der Waals surface area contributed by atoms with Crippen molar-refractivity contribution in [3.8, 4) is 0 Å². The summed E-state index contributed by atoms with van der Waals surface area (Å²) in [6.07, 6.45) is 7.38. The largest absolute Gasteiger partial charge is 0.359 e. The van der Waals surface area contributed by atoms with Crippen molar-refractivity contribution < 1.29 is 13.6 Å². The fraction of sp³-hybridized carbons (Fsp3) is 0.471. The fourth-order valence-corrected chi connectivity index (χ4v) is 3.16. The number of benzene rings is 1. The second-order valence-corrected chi connectivity index (χ2v) is 6.23. The van der Waals surface area contributed by atoms with E-state index in [4.69, 9.17) is 0 Å². The van der Waals surface area contributed by atoms with Gasteiger partial charge in [0.1, 0.15) is 0 Å². The highest BCUT2D eigenvalue weighted by Gasteiger charge is 2.20. The predicted molar refractivity (Wildman–Crippen MR) is 86.3 cm³/mol. The van der Waals surface area contributed by atoms with Crippen molar-refractivity contribution >= 4 is 22.5 Å². The molecule has 1 amide bonds. The quantitative estimate of drug-likeness (QED) is 0.804. The SMILES string of the molecule is C[C@H](NC1CCCCC1)C(=O)Nc1c[nH]c2cc(F)c(F)cc12. The van der Waals surface area contributed by atoms with Gasteiger partial charge in [-0.1, -0.05) is 19.3 Å². The molecule has 6 heteroatoms. The number of H-pyrrole nitrogens is 1. The molecule has 1 aliphatic rings. The number of aromatic nitrogens is 1. The molecule has 0 spiro atoms. The van der Waals surface area contributed by atoms with Gasteiger partial charge in [0.15, 0.2) is 11.6 Å². The van der Waals surface area contributed by atoms with Crippen molar-refractivity contribution in [1.29, 1.82) is 0 Å². The van der Waals surface area contributed by atoms with Crippen LogP contribution in [0, 0.1) is 11.6 Å². The first kappa shape index (κ1) is 15.9. The molecule has 1 aliphatic carbocycles. The van der Waals surface area contributed by atoms with Crippen LogP contribution in [-0.4, -0.2) is 23.0 Å². The van der Waals surface area contributed by atoms with Crippen LogP contribution in [0.5, 0.6) is 0 Å². The highest BCUT2D eigenvalue weighted by Crippen LogP contribution is 2.25. The highest BCUT2D eigenvalue weighted by atomic mass is 19.2. The molecule has 0 unspecified atom stereocenters. The Hall–Kier alpha value is -1.95. The number of rotatable bonds is 4. The van der Waals surface area contributed by atoms with Crippen LogP contribution < -0.4 is 10.6 Å². The summed E-state index contributed by atoms with van der Waals surface area (Å²) in [4.78, 5) is 15.2. The first-order chi connectivity index (χ1) is 11.0. The summed E-state index contributed by atoms with van der Waals surface area (Å²) in [5.74, 6) is -2.02. The van der Waals surface area contributed by atoms with Crippen molar-refractivity contribution in [3.05, 3.63) is 30.0 Å². The third-order valence-electron chi connectivity index (χ3n) is 4.46. The molecular formula is C17H21F2N3O. The van der Waals surface area contributed by atoms with Gasteiger partial charge in [-0.2, -0.15) is 0 Å². The number of hydrogen-bond donors (Lipinski definition) is 3. The molecule has 1 aromatic carbocycles. The number of anilines is 1. The monoisotopic (exact) mass is 321 g/mol. The molecule has 1 atom stereocenters. The van der Waals surface area contributed by atoms with Gasteiger partial charge in [0.25, 0.3) is 0 Å². The van der Waals surface area contributed by atoms with Crippen molar-refractivity contribution in [2.24, 2.45) is 0 Å². The topological polar surface area (TPSA) is 56.9 Å². The summed E-state index contributed by atoms with van der Waals surface area (Å²) in [7, 11) is 0. The number of aromatic amines is 1. The molecule has 2 aromatic rings. The Kier molecular flexibility index (Phi) is 4.61. The molecule has 1 fully saturated rings. The molecule has 3 rings (SSSR count). The summed E-state index contributed by atoms with van der Waals surface area (Å²) in [5, 5.41) is 6.58. The zero-order valence-corrected chi connectivity index (χ0v) is 13.1. The molecule has 1 heterocycles. The first-order valence-electron chi connectivity index (χ1n) is 8.07. The van der Waals surface area contributed by atoms with E-state index in [1.165, 1.54) is 19.3 Å². The number of halogens is 2. The van der Waals surface area contributed by atoms with Crippen LogP contribution in [0.4, 0.5) is 14.5 Å². The maximum Gasteiger partial charge on any atom is 0.241 e. The van der Waals surface area contributed by atoms with Crippen LogP contribution in [-0.2, 0) is 4.79 Å². The Labute approximate surface area is 133 Å². The maximum absolute atomic E-state index is 13.4. The molecule has 23 heavy (non-hydrogen) atoms. The van der Waals surface area contributed by atoms with Gasteiger partial charge >= 0.3 is 0 Å². The first-order valence-corrected chi connectivity index (χ1v) is 8.07. The highest BCUT2D eigenvalue weighted by molar-refractivity contribution is 6.03. The Balaban J connectivity index is 1.68. The average molecular weight is 321 g/mol. The van der Waals surface area contributed by atoms with Crippen LogP contribution in [0.2, 0.25) is 0 Å². The summed E-state index contributed by atoms with van der Waals surface area (Å²) in [6, 6.07) is 2.22. The second-order valence-electron chi connectivity index (χ2n) is 6.23. The third-order valence-corrected chi connectivity index (χ3v) is 4.46. The molecule has 3 N–H and O–H groups in total. The van der Waals surface area contributed by atoms with Crippen molar-refractivity contribution in [2.75, 3.05) is 5.32 Å². The number of carbonyl (C=O) groups is 1. The fourth-order valence-electron chi connectivity index (χ4n) is 3.16. The number of nitrogens with one attached hydrogen (secondary N) is 3. The lowest BCUT2D eigenvalue weighted by molar-refractivity contribution is -0.118. The minimum absolute atomic E-state index is 0.179. The number of fused-ring (bicyclic) bond motifs is 1. The number of amides is 1. The van der Waals surface area contributed by atoms with Gasteiger partial charge in [0.2, 0.25) is 5.91 Å². The van der Waals surface area contributed by atoms with E-state index in [1.54, 1.807) is 6.20 Å². The average Bonchev–Trinajstić information content (AvgIpc) is 2.91. The summed E-state index contributed by atoms with van der Waals surface area (Å²) >= 11 is 0. The summed E-state index contributed by atoms with van der Waals surface area (Å²) < 4.78 is 26.6.